The fraction of sp³-hybridized carbons (Fsp3) is 0.500. The van der Waals surface area contributed by atoms with E-state index in [1.54, 1.807) is 4.90 Å². The highest BCUT2D eigenvalue weighted by molar-refractivity contribution is 6.18. The third-order valence-electron chi connectivity index (χ3n) is 3.48. The molecule has 1 unspecified atom stereocenters. The summed E-state index contributed by atoms with van der Waals surface area (Å²) in [6.45, 7) is 0.620. The van der Waals surface area contributed by atoms with Crippen molar-refractivity contribution in [2.24, 2.45) is 0 Å². The Morgan fingerprint density at radius 1 is 1.26 bits per heavy atom. The van der Waals surface area contributed by atoms with Crippen LogP contribution in [0.2, 0.25) is 0 Å². The van der Waals surface area contributed by atoms with Crippen molar-refractivity contribution in [2.45, 2.75) is 31.7 Å². The highest BCUT2D eigenvalue weighted by atomic mass is 35.5. The molecule has 2 rings (SSSR count). The predicted octanol–water partition coefficient (Wildman–Crippen LogP) is 3.59. The van der Waals surface area contributed by atoms with Gasteiger partial charge < -0.3 is 4.90 Å². The lowest BCUT2D eigenvalue weighted by atomic mass is 10.1. The first-order chi connectivity index (χ1) is 9.13. The van der Waals surface area contributed by atoms with Crippen LogP contribution in [-0.2, 0) is 0 Å². The van der Waals surface area contributed by atoms with Crippen LogP contribution in [0.25, 0.3) is 0 Å². The van der Waals surface area contributed by atoms with E-state index in [9.17, 15) is 13.6 Å². The smallest absolute Gasteiger partial charge is 0.254 e. The van der Waals surface area contributed by atoms with E-state index in [4.69, 9.17) is 11.6 Å². The molecule has 0 saturated carbocycles. The van der Waals surface area contributed by atoms with Crippen molar-refractivity contribution in [1.82, 2.24) is 4.90 Å². The predicted molar refractivity (Wildman–Crippen MR) is 70.4 cm³/mol. The zero-order valence-electron chi connectivity index (χ0n) is 10.5. The third kappa shape index (κ3) is 3.24. The van der Waals surface area contributed by atoms with Gasteiger partial charge in [-0.25, -0.2) is 8.78 Å². The van der Waals surface area contributed by atoms with Crippen LogP contribution in [0.5, 0.6) is 0 Å². The minimum absolute atomic E-state index is 0.0234. The van der Waals surface area contributed by atoms with Crippen LogP contribution < -0.4 is 0 Å². The van der Waals surface area contributed by atoms with Gasteiger partial charge in [-0.05, 0) is 31.0 Å². The monoisotopic (exact) mass is 287 g/mol. The molecule has 0 radical (unpaired) electrons. The number of amides is 1. The Morgan fingerprint density at radius 2 is 2.05 bits per heavy atom. The van der Waals surface area contributed by atoms with Gasteiger partial charge in [0, 0.05) is 24.0 Å². The Hall–Kier alpha value is -1.16. The zero-order valence-corrected chi connectivity index (χ0v) is 11.3. The molecule has 1 atom stereocenters. The lowest BCUT2D eigenvalue weighted by molar-refractivity contribution is 0.0699. The summed E-state index contributed by atoms with van der Waals surface area (Å²) in [6.07, 6.45) is 3.88. The van der Waals surface area contributed by atoms with Gasteiger partial charge in [-0.15, -0.1) is 11.6 Å². The van der Waals surface area contributed by atoms with E-state index >= 15 is 0 Å². The molecule has 2 nitrogen and oxygen atoms in total. The summed E-state index contributed by atoms with van der Waals surface area (Å²) >= 11 is 5.91. The lowest BCUT2D eigenvalue weighted by Crippen LogP contribution is -2.41. The molecular weight excluding hydrogens is 272 g/mol. The van der Waals surface area contributed by atoms with E-state index in [2.05, 4.69) is 0 Å². The summed E-state index contributed by atoms with van der Waals surface area (Å²) < 4.78 is 26.1. The number of halogens is 3. The van der Waals surface area contributed by atoms with E-state index in [0.717, 1.165) is 37.8 Å². The summed E-state index contributed by atoms with van der Waals surface area (Å²) in [6, 6.07) is 3.23. The van der Waals surface area contributed by atoms with Crippen molar-refractivity contribution in [3.05, 3.63) is 35.4 Å². The van der Waals surface area contributed by atoms with Crippen molar-refractivity contribution in [3.8, 4) is 0 Å². The number of likely N-dealkylation sites (tertiary alicyclic amines) is 1. The number of nitrogens with zero attached hydrogens (tertiary/aromatic N) is 1. The highest BCUT2D eigenvalue weighted by Crippen LogP contribution is 2.21. The van der Waals surface area contributed by atoms with Crippen molar-refractivity contribution < 1.29 is 13.6 Å². The Morgan fingerprint density at radius 3 is 2.74 bits per heavy atom. The molecule has 1 amide bonds. The highest BCUT2D eigenvalue weighted by Gasteiger charge is 2.26. The second kappa shape index (κ2) is 6.33. The normalized spacial score (nSPS) is 20.2. The molecule has 1 heterocycles. The Kier molecular flexibility index (Phi) is 4.75. The standard InChI is InChI=1S/C14H16ClF2NO/c15-9-11-4-2-1-3-7-18(11)14(19)10-5-6-12(16)13(17)8-10/h5-6,8,11H,1-4,7,9H2. The summed E-state index contributed by atoms with van der Waals surface area (Å²) in [4.78, 5) is 14.1. The number of hydrogen-bond donors (Lipinski definition) is 0. The van der Waals surface area contributed by atoms with Gasteiger partial charge in [-0.1, -0.05) is 12.8 Å². The van der Waals surface area contributed by atoms with Gasteiger partial charge in [0.05, 0.1) is 0 Å². The third-order valence-corrected chi connectivity index (χ3v) is 3.84. The summed E-state index contributed by atoms with van der Waals surface area (Å²) in [5.41, 5.74) is 0.177. The van der Waals surface area contributed by atoms with E-state index in [1.807, 2.05) is 0 Å². The molecule has 1 fully saturated rings. The summed E-state index contributed by atoms with van der Waals surface area (Å²) in [7, 11) is 0. The zero-order chi connectivity index (χ0) is 13.8. The SMILES string of the molecule is O=C(c1ccc(F)c(F)c1)N1CCCCCC1CCl. The minimum Gasteiger partial charge on any atom is -0.334 e. The quantitative estimate of drug-likeness (QED) is 0.761. The van der Waals surface area contributed by atoms with Crippen LogP contribution in [0, 0.1) is 11.6 Å². The molecule has 1 saturated heterocycles. The van der Waals surface area contributed by atoms with Crippen LogP contribution in [0.3, 0.4) is 0 Å². The van der Waals surface area contributed by atoms with Crippen LogP contribution in [-0.4, -0.2) is 29.3 Å². The number of hydrogen-bond acceptors (Lipinski definition) is 1. The molecule has 0 aromatic heterocycles. The first-order valence-corrected chi connectivity index (χ1v) is 6.99. The molecule has 0 aliphatic carbocycles. The number of benzene rings is 1. The van der Waals surface area contributed by atoms with Gasteiger partial charge in [-0.2, -0.15) is 0 Å². The van der Waals surface area contributed by atoms with Crippen LogP contribution >= 0.6 is 11.6 Å². The molecule has 0 N–H and O–H groups in total. The van der Waals surface area contributed by atoms with Crippen LogP contribution in [0.15, 0.2) is 18.2 Å². The fourth-order valence-corrected chi connectivity index (χ4v) is 2.72. The molecule has 1 aliphatic heterocycles. The second-order valence-corrected chi connectivity index (χ2v) is 5.09. The molecule has 19 heavy (non-hydrogen) atoms. The van der Waals surface area contributed by atoms with Gasteiger partial charge in [0.15, 0.2) is 11.6 Å². The number of rotatable bonds is 2. The topological polar surface area (TPSA) is 20.3 Å². The minimum atomic E-state index is -0.997. The molecular formula is C14H16ClF2NO. The molecule has 1 aliphatic rings. The maximum atomic E-state index is 13.2. The molecule has 0 bridgehead atoms. The first-order valence-electron chi connectivity index (χ1n) is 6.45. The van der Waals surface area contributed by atoms with Crippen molar-refractivity contribution in [1.29, 1.82) is 0 Å². The van der Waals surface area contributed by atoms with Crippen molar-refractivity contribution >= 4 is 17.5 Å². The van der Waals surface area contributed by atoms with Gasteiger partial charge in [0.1, 0.15) is 0 Å². The molecule has 0 spiro atoms. The maximum Gasteiger partial charge on any atom is 0.254 e. The van der Waals surface area contributed by atoms with Crippen molar-refractivity contribution in [3.63, 3.8) is 0 Å². The van der Waals surface area contributed by atoms with E-state index < -0.39 is 11.6 Å². The molecule has 104 valence electrons. The van der Waals surface area contributed by atoms with Crippen LogP contribution in [0.1, 0.15) is 36.0 Å². The molecule has 1 aromatic carbocycles. The van der Waals surface area contributed by atoms with Crippen LogP contribution in [0.4, 0.5) is 8.78 Å². The summed E-state index contributed by atoms with van der Waals surface area (Å²) in [5.74, 6) is -1.84. The van der Waals surface area contributed by atoms with Gasteiger partial charge in [0.2, 0.25) is 0 Å². The largest absolute Gasteiger partial charge is 0.334 e. The van der Waals surface area contributed by atoms with Gasteiger partial charge in [0.25, 0.3) is 5.91 Å². The average Bonchev–Trinajstić information content (AvgIpc) is 2.66. The van der Waals surface area contributed by atoms with Gasteiger partial charge in [-0.3, -0.25) is 4.79 Å². The average molecular weight is 288 g/mol. The lowest BCUT2D eigenvalue weighted by Gasteiger charge is -2.28. The summed E-state index contributed by atoms with van der Waals surface area (Å²) in [5, 5.41) is 0. The van der Waals surface area contributed by atoms with E-state index in [0.29, 0.717) is 12.4 Å². The molecule has 1 aromatic rings. The second-order valence-electron chi connectivity index (χ2n) is 4.78. The van der Waals surface area contributed by atoms with Gasteiger partial charge >= 0.3 is 0 Å². The Balaban J connectivity index is 2.22. The Labute approximate surface area is 116 Å². The first kappa shape index (κ1) is 14.3. The van der Waals surface area contributed by atoms with E-state index in [1.165, 1.54) is 6.07 Å². The Bertz CT molecular complexity index is 467. The molecule has 5 heteroatoms. The number of alkyl halides is 1. The fourth-order valence-electron chi connectivity index (χ4n) is 2.40. The maximum absolute atomic E-state index is 13.2. The van der Waals surface area contributed by atoms with Crippen molar-refractivity contribution in [2.75, 3.05) is 12.4 Å². The van der Waals surface area contributed by atoms with E-state index in [-0.39, 0.29) is 17.5 Å². The number of carbonyl (C=O) groups is 1. The number of carbonyl (C=O) groups excluding carboxylic acids is 1.